The maximum atomic E-state index is 12.6. The molecule has 0 radical (unpaired) electrons. The third-order valence-corrected chi connectivity index (χ3v) is 5.84. The molecule has 1 fully saturated rings. The maximum absolute atomic E-state index is 12.6. The summed E-state index contributed by atoms with van der Waals surface area (Å²) in [5.41, 5.74) is 0. The van der Waals surface area contributed by atoms with Crippen LogP contribution in [0.4, 0.5) is 0 Å². The molecule has 1 saturated heterocycles. The summed E-state index contributed by atoms with van der Waals surface area (Å²) < 4.78 is 28.9. The fourth-order valence-corrected chi connectivity index (χ4v) is 4.57. The van der Waals surface area contributed by atoms with E-state index in [1.54, 1.807) is 17.0 Å². The lowest BCUT2D eigenvalue weighted by molar-refractivity contribution is -0.127. The highest BCUT2D eigenvalue weighted by Crippen LogP contribution is 2.19. The van der Waals surface area contributed by atoms with Gasteiger partial charge in [-0.05, 0) is 58.6 Å². The summed E-state index contributed by atoms with van der Waals surface area (Å²) in [4.78, 5) is 16.3. The van der Waals surface area contributed by atoms with Gasteiger partial charge < -0.3 is 14.2 Å². The minimum Gasteiger partial charge on any atom is -0.462 e. The summed E-state index contributed by atoms with van der Waals surface area (Å²) in [5.74, 6) is 1.47. The number of amides is 1. The smallest absolute Gasteiger partial charge is 0.246 e. The first-order chi connectivity index (χ1) is 11.3. The van der Waals surface area contributed by atoms with E-state index >= 15 is 0 Å². The van der Waals surface area contributed by atoms with Crippen molar-refractivity contribution in [2.45, 2.75) is 25.8 Å². The molecule has 24 heavy (non-hydrogen) atoms. The monoisotopic (exact) mass is 354 g/mol. The van der Waals surface area contributed by atoms with Crippen LogP contribution in [0.3, 0.4) is 0 Å². The molecule has 1 unspecified atom stereocenters. The van der Waals surface area contributed by atoms with Crippen LogP contribution >= 0.6 is 0 Å². The van der Waals surface area contributed by atoms with Crippen LogP contribution in [0.15, 0.2) is 22.6 Å². The van der Waals surface area contributed by atoms with E-state index in [4.69, 9.17) is 4.42 Å². The lowest BCUT2D eigenvalue weighted by Gasteiger charge is -2.27. The lowest BCUT2D eigenvalue weighted by Crippen LogP contribution is -2.41. The second kappa shape index (κ2) is 7.98. The van der Waals surface area contributed by atoms with Crippen LogP contribution in [-0.2, 0) is 14.6 Å². The van der Waals surface area contributed by atoms with Crippen LogP contribution < -0.4 is 0 Å². The van der Waals surface area contributed by atoms with Crippen LogP contribution in [-0.4, -0.2) is 68.9 Å². The van der Waals surface area contributed by atoms with Crippen molar-refractivity contribution in [3.63, 3.8) is 0 Å². The second-order valence-corrected chi connectivity index (χ2v) is 8.76. The minimum atomic E-state index is -3.03. The Morgan fingerprint density at radius 3 is 2.62 bits per heavy atom. The van der Waals surface area contributed by atoms with Crippen molar-refractivity contribution in [1.82, 2.24) is 9.80 Å². The molecule has 1 aromatic heterocycles. The lowest BCUT2D eigenvalue weighted by atomic mass is 10.2. The predicted molar refractivity (Wildman–Crippen MR) is 94.4 cm³/mol. The Morgan fingerprint density at radius 2 is 2.08 bits per heavy atom. The molecule has 1 aliphatic rings. The molecule has 0 saturated carbocycles. The molecule has 1 aliphatic heterocycles. The van der Waals surface area contributed by atoms with E-state index in [1.165, 1.54) is 6.08 Å². The van der Waals surface area contributed by atoms with Crippen molar-refractivity contribution in [1.29, 1.82) is 0 Å². The molecule has 0 bridgehead atoms. The van der Waals surface area contributed by atoms with E-state index < -0.39 is 9.84 Å². The van der Waals surface area contributed by atoms with Crippen LogP contribution in [0.25, 0.3) is 6.08 Å². The number of carbonyl (C=O) groups excluding carboxylic acids is 1. The Hall–Kier alpha value is -1.60. The first kappa shape index (κ1) is 18.7. The van der Waals surface area contributed by atoms with Gasteiger partial charge in [0.1, 0.15) is 11.5 Å². The van der Waals surface area contributed by atoms with Gasteiger partial charge in [-0.2, -0.15) is 0 Å². The molecule has 2 rings (SSSR count). The van der Waals surface area contributed by atoms with Gasteiger partial charge in [0.25, 0.3) is 0 Å². The molecular formula is C17H26N2O4S. The van der Waals surface area contributed by atoms with Crippen molar-refractivity contribution in [3.05, 3.63) is 29.7 Å². The number of nitrogens with zero attached hydrogens (tertiary/aromatic N) is 2. The van der Waals surface area contributed by atoms with Crippen molar-refractivity contribution in [3.8, 4) is 0 Å². The summed E-state index contributed by atoms with van der Waals surface area (Å²) in [6, 6.07) is 3.41. The van der Waals surface area contributed by atoms with Gasteiger partial charge >= 0.3 is 0 Å². The highest BCUT2D eigenvalue weighted by atomic mass is 32.2. The highest BCUT2D eigenvalue weighted by molar-refractivity contribution is 7.91. The molecule has 2 heterocycles. The molecule has 0 aliphatic carbocycles. The number of furan rings is 1. The summed E-state index contributed by atoms with van der Waals surface area (Å²) in [6.07, 6.45) is 4.43. The molecule has 6 nitrogen and oxygen atoms in total. The number of aryl methyl sites for hydroxylation is 1. The number of sulfone groups is 1. The van der Waals surface area contributed by atoms with Gasteiger partial charge in [0.15, 0.2) is 9.84 Å². The Bertz CT molecular complexity index is 691. The average molecular weight is 354 g/mol. The molecule has 1 amide bonds. The second-order valence-electron chi connectivity index (χ2n) is 6.53. The van der Waals surface area contributed by atoms with Crippen molar-refractivity contribution >= 4 is 21.8 Å². The molecule has 7 heteroatoms. The molecular weight excluding hydrogens is 328 g/mol. The fraction of sp³-hybridized carbons (Fsp3) is 0.588. The van der Waals surface area contributed by atoms with Gasteiger partial charge in [-0.15, -0.1) is 0 Å². The first-order valence-electron chi connectivity index (χ1n) is 8.17. The van der Waals surface area contributed by atoms with E-state index in [0.29, 0.717) is 18.7 Å². The zero-order valence-electron chi connectivity index (χ0n) is 14.6. The molecule has 1 atom stereocenters. The summed E-state index contributed by atoms with van der Waals surface area (Å²) in [5, 5.41) is 0. The van der Waals surface area contributed by atoms with Gasteiger partial charge in [0, 0.05) is 18.7 Å². The van der Waals surface area contributed by atoms with Gasteiger partial charge in [0.05, 0.1) is 11.5 Å². The minimum absolute atomic E-state index is 0.0639. The zero-order valence-corrected chi connectivity index (χ0v) is 15.4. The molecule has 0 aromatic carbocycles. The number of rotatable bonds is 7. The maximum Gasteiger partial charge on any atom is 0.246 e. The fourth-order valence-electron chi connectivity index (χ4n) is 2.84. The van der Waals surface area contributed by atoms with Gasteiger partial charge in [-0.25, -0.2) is 8.42 Å². The third-order valence-electron chi connectivity index (χ3n) is 4.09. The van der Waals surface area contributed by atoms with Gasteiger partial charge in [0.2, 0.25) is 5.91 Å². The van der Waals surface area contributed by atoms with Crippen LogP contribution in [0.1, 0.15) is 24.4 Å². The van der Waals surface area contributed by atoms with E-state index in [2.05, 4.69) is 4.90 Å². The Morgan fingerprint density at radius 1 is 1.33 bits per heavy atom. The predicted octanol–water partition coefficient (Wildman–Crippen LogP) is 1.57. The molecule has 1 aromatic rings. The highest BCUT2D eigenvalue weighted by Gasteiger charge is 2.33. The quantitative estimate of drug-likeness (QED) is 0.695. The largest absolute Gasteiger partial charge is 0.462 e. The molecule has 0 N–H and O–H groups in total. The third kappa shape index (κ3) is 5.49. The van der Waals surface area contributed by atoms with Crippen molar-refractivity contribution in [2.75, 3.05) is 38.7 Å². The van der Waals surface area contributed by atoms with Gasteiger partial charge in [-0.3, -0.25) is 4.79 Å². The van der Waals surface area contributed by atoms with Crippen molar-refractivity contribution < 1.29 is 17.6 Å². The molecule has 134 valence electrons. The number of carbonyl (C=O) groups is 1. The number of hydrogen-bond acceptors (Lipinski definition) is 5. The first-order valence-corrected chi connectivity index (χ1v) is 9.99. The summed E-state index contributed by atoms with van der Waals surface area (Å²) >= 11 is 0. The standard InChI is InChI=1S/C17H26N2O4S/c1-14-5-6-16(23-14)7-8-17(20)19(11-4-10-18(2)3)15-9-12-24(21,22)13-15/h5-8,15H,4,9-13H2,1-3H3/b8-7+. The Labute approximate surface area is 144 Å². The number of hydrogen-bond donors (Lipinski definition) is 0. The van der Waals surface area contributed by atoms with Crippen LogP contribution in [0, 0.1) is 6.92 Å². The van der Waals surface area contributed by atoms with Gasteiger partial charge in [-0.1, -0.05) is 0 Å². The zero-order chi connectivity index (χ0) is 17.7. The van der Waals surface area contributed by atoms with E-state index in [9.17, 15) is 13.2 Å². The Kier molecular flexibility index (Phi) is 6.23. The Balaban J connectivity index is 2.05. The topological polar surface area (TPSA) is 70.8 Å². The van der Waals surface area contributed by atoms with E-state index in [1.807, 2.05) is 27.1 Å². The molecule has 0 spiro atoms. The summed E-state index contributed by atoms with van der Waals surface area (Å²) in [6.45, 7) is 3.25. The van der Waals surface area contributed by atoms with E-state index in [-0.39, 0.29) is 23.5 Å². The van der Waals surface area contributed by atoms with Crippen LogP contribution in [0.2, 0.25) is 0 Å². The summed E-state index contributed by atoms with van der Waals surface area (Å²) in [7, 11) is 0.929. The SMILES string of the molecule is Cc1ccc(/C=C/C(=O)N(CCCN(C)C)C2CCS(=O)(=O)C2)o1. The normalized spacial score (nSPS) is 20.1. The van der Waals surface area contributed by atoms with E-state index in [0.717, 1.165) is 18.7 Å². The van der Waals surface area contributed by atoms with Crippen molar-refractivity contribution in [2.24, 2.45) is 0 Å². The average Bonchev–Trinajstić information content (AvgIpc) is 3.06. The van der Waals surface area contributed by atoms with Crippen LogP contribution in [0.5, 0.6) is 0 Å².